The van der Waals surface area contributed by atoms with Crippen molar-refractivity contribution < 1.29 is 9.90 Å². The van der Waals surface area contributed by atoms with Crippen molar-refractivity contribution in [1.29, 1.82) is 0 Å². The Kier molecular flexibility index (Phi) is 3.28. The zero-order valence-electron chi connectivity index (χ0n) is 11.2. The highest BCUT2D eigenvalue weighted by Crippen LogP contribution is 2.13. The zero-order valence-corrected chi connectivity index (χ0v) is 11.2. The molecule has 1 heterocycles. The van der Waals surface area contributed by atoms with Crippen molar-refractivity contribution in [2.24, 2.45) is 0 Å². The third kappa shape index (κ3) is 2.56. The molecule has 0 aliphatic heterocycles. The van der Waals surface area contributed by atoms with Gasteiger partial charge in [-0.05, 0) is 23.8 Å². The summed E-state index contributed by atoms with van der Waals surface area (Å²) < 4.78 is 0. The van der Waals surface area contributed by atoms with Crippen molar-refractivity contribution in [3.63, 3.8) is 0 Å². The highest BCUT2D eigenvalue weighted by molar-refractivity contribution is 5.93. The molecule has 21 heavy (non-hydrogen) atoms. The molecule has 0 radical (unpaired) electrons. The lowest BCUT2D eigenvalue weighted by molar-refractivity contribution is 0.0697. The molecule has 0 spiro atoms. The van der Waals surface area contributed by atoms with Gasteiger partial charge < -0.3 is 10.1 Å². The molecule has 0 saturated carbocycles. The second-order valence-electron chi connectivity index (χ2n) is 4.87. The van der Waals surface area contributed by atoms with Crippen LogP contribution in [0.3, 0.4) is 0 Å². The molecule has 0 fully saturated rings. The van der Waals surface area contributed by atoms with Crippen molar-refractivity contribution >= 4 is 16.9 Å². The smallest absolute Gasteiger partial charge is 0.335 e. The number of benzene rings is 2. The molecule has 0 aliphatic rings. The Morgan fingerprint density at radius 2 is 1.86 bits per heavy atom. The lowest BCUT2D eigenvalue weighted by Gasteiger charge is -2.04. The molecule has 4 heteroatoms. The van der Waals surface area contributed by atoms with Gasteiger partial charge >= 0.3 is 5.97 Å². The van der Waals surface area contributed by atoms with Gasteiger partial charge in [-0.25, -0.2) is 4.79 Å². The van der Waals surface area contributed by atoms with E-state index in [4.69, 9.17) is 5.11 Å². The average molecular weight is 279 g/mol. The average Bonchev–Trinajstić information content (AvgIpc) is 2.51. The molecule has 0 saturated heterocycles. The zero-order chi connectivity index (χ0) is 14.8. The van der Waals surface area contributed by atoms with Crippen LogP contribution in [-0.2, 0) is 6.42 Å². The minimum absolute atomic E-state index is 0.0652. The van der Waals surface area contributed by atoms with Gasteiger partial charge in [0.05, 0.1) is 11.1 Å². The summed E-state index contributed by atoms with van der Waals surface area (Å²) in [6.07, 6.45) is 2.20. The first-order chi connectivity index (χ1) is 10.1. The van der Waals surface area contributed by atoms with E-state index in [9.17, 15) is 9.59 Å². The van der Waals surface area contributed by atoms with Crippen LogP contribution in [0, 0.1) is 0 Å². The molecule has 2 N–H and O–H groups in total. The van der Waals surface area contributed by atoms with Crippen LogP contribution in [0.1, 0.15) is 21.5 Å². The summed E-state index contributed by atoms with van der Waals surface area (Å²) in [4.78, 5) is 26.4. The molecule has 3 rings (SSSR count). The first kappa shape index (κ1) is 13.1. The number of fused-ring (bicyclic) bond motifs is 1. The monoisotopic (exact) mass is 279 g/mol. The molecule has 0 atom stereocenters. The number of aromatic carboxylic acids is 1. The van der Waals surface area contributed by atoms with Crippen molar-refractivity contribution in [3.8, 4) is 0 Å². The normalized spacial score (nSPS) is 10.7. The number of nitrogens with one attached hydrogen (secondary N) is 1. The van der Waals surface area contributed by atoms with Gasteiger partial charge in [0.25, 0.3) is 0 Å². The molecule has 0 bridgehead atoms. The second kappa shape index (κ2) is 5.25. The van der Waals surface area contributed by atoms with Crippen LogP contribution in [0.25, 0.3) is 10.9 Å². The second-order valence-corrected chi connectivity index (χ2v) is 4.87. The summed E-state index contributed by atoms with van der Waals surface area (Å²) in [6.45, 7) is 0. The molecule has 3 aromatic rings. The molecule has 2 aromatic carbocycles. The van der Waals surface area contributed by atoms with Crippen molar-refractivity contribution in [3.05, 3.63) is 81.6 Å². The maximum atomic E-state index is 12.4. The molecule has 4 nitrogen and oxygen atoms in total. The van der Waals surface area contributed by atoms with E-state index >= 15 is 0 Å². The predicted octanol–water partition coefficient (Wildman–Crippen LogP) is 2.82. The van der Waals surface area contributed by atoms with E-state index < -0.39 is 5.97 Å². The number of rotatable bonds is 3. The number of aromatic amines is 1. The van der Waals surface area contributed by atoms with Crippen LogP contribution in [0.2, 0.25) is 0 Å². The lowest BCUT2D eigenvalue weighted by atomic mass is 10.0. The van der Waals surface area contributed by atoms with Crippen LogP contribution in [-0.4, -0.2) is 16.1 Å². The Morgan fingerprint density at radius 1 is 1.10 bits per heavy atom. The molecule has 0 amide bonds. The van der Waals surface area contributed by atoms with E-state index in [0.717, 1.165) is 5.56 Å². The summed E-state index contributed by atoms with van der Waals surface area (Å²) in [5.74, 6) is -1.01. The Labute approximate surface area is 120 Å². The fourth-order valence-electron chi connectivity index (χ4n) is 2.35. The van der Waals surface area contributed by atoms with Crippen LogP contribution in [0.4, 0.5) is 0 Å². The molecule has 104 valence electrons. The standard InChI is InChI=1S/C17H13NO3/c19-16-13(8-11-4-2-1-3-5-11)10-18-15-9-12(17(20)21)6-7-14(15)16/h1-7,9-10H,8H2,(H,18,19)(H,20,21). The van der Waals surface area contributed by atoms with Gasteiger partial charge in [0.1, 0.15) is 0 Å². The quantitative estimate of drug-likeness (QED) is 0.774. The SMILES string of the molecule is O=C(O)c1ccc2c(=O)c(Cc3ccccc3)c[nH]c2c1. The number of carboxylic acid groups (broad SMARTS) is 1. The van der Waals surface area contributed by atoms with Crippen LogP contribution in [0.5, 0.6) is 0 Å². The predicted molar refractivity (Wildman–Crippen MR) is 80.8 cm³/mol. The van der Waals surface area contributed by atoms with Gasteiger partial charge in [-0.3, -0.25) is 4.79 Å². The highest BCUT2D eigenvalue weighted by atomic mass is 16.4. The highest BCUT2D eigenvalue weighted by Gasteiger charge is 2.09. The van der Waals surface area contributed by atoms with Crippen LogP contribution >= 0.6 is 0 Å². The number of hydrogen-bond donors (Lipinski definition) is 2. The maximum Gasteiger partial charge on any atom is 0.335 e. The van der Waals surface area contributed by atoms with E-state index in [2.05, 4.69) is 4.98 Å². The van der Waals surface area contributed by atoms with Gasteiger partial charge in [-0.1, -0.05) is 30.3 Å². The minimum atomic E-state index is -1.01. The Morgan fingerprint density at radius 3 is 2.57 bits per heavy atom. The maximum absolute atomic E-state index is 12.4. The van der Waals surface area contributed by atoms with E-state index in [1.165, 1.54) is 12.1 Å². The molecule has 0 aliphatic carbocycles. The van der Waals surface area contributed by atoms with Crippen molar-refractivity contribution in [1.82, 2.24) is 4.98 Å². The topological polar surface area (TPSA) is 70.2 Å². The first-order valence-corrected chi connectivity index (χ1v) is 6.57. The number of hydrogen-bond acceptors (Lipinski definition) is 2. The minimum Gasteiger partial charge on any atom is -0.478 e. The number of carbonyl (C=O) groups is 1. The third-order valence-electron chi connectivity index (χ3n) is 3.44. The molecular weight excluding hydrogens is 266 g/mol. The molecule has 1 aromatic heterocycles. The summed E-state index contributed by atoms with van der Waals surface area (Å²) in [5.41, 5.74) is 2.36. The van der Waals surface area contributed by atoms with Crippen LogP contribution in [0.15, 0.2) is 59.5 Å². The van der Waals surface area contributed by atoms with E-state index in [0.29, 0.717) is 22.9 Å². The first-order valence-electron chi connectivity index (χ1n) is 6.57. The van der Waals surface area contributed by atoms with Gasteiger partial charge in [0.2, 0.25) is 0 Å². The largest absolute Gasteiger partial charge is 0.478 e. The third-order valence-corrected chi connectivity index (χ3v) is 3.44. The van der Waals surface area contributed by atoms with E-state index in [1.807, 2.05) is 30.3 Å². The Hall–Kier alpha value is -2.88. The fourth-order valence-corrected chi connectivity index (χ4v) is 2.35. The van der Waals surface area contributed by atoms with Gasteiger partial charge in [-0.15, -0.1) is 0 Å². The summed E-state index contributed by atoms with van der Waals surface area (Å²) >= 11 is 0. The molecule has 0 unspecified atom stereocenters. The number of pyridine rings is 1. The summed E-state index contributed by atoms with van der Waals surface area (Å²) in [5, 5.41) is 9.48. The van der Waals surface area contributed by atoms with E-state index in [-0.39, 0.29) is 11.0 Å². The fraction of sp³-hybridized carbons (Fsp3) is 0.0588. The summed E-state index contributed by atoms with van der Waals surface area (Å²) in [7, 11) is 0. The van der Waals surface area contributed by atoms with Gasteiger partial charge in [-0.2, -0.15) is 0 Å². The Bertz CT molecular complexity index is 866. The number of H-pyrrole nitrogens is 1. The van der Waals surface area contributed by atoms with E-state index in [1.54, 1.807) is 12.3 Å². The van der Waals surface area contributed by atoms with Crippen molar-refractivity contribution in [2.45, 2.75) is 6.42 Å². The van der Waals surface area contributed by atoms with Crippen molar-refractivity contribution in [2.75, 3.05) is 0 Å². The molecular formula is C17H13NO3. The number of aromatic nitrogens is 1. The van der Waals surface area contributed by atoms with Gasteiger partial charge in [0, 0.05) is 23.6 Å². The van der Waals surface area contributed by atoms with Gasteiger partial charge in [0.15, 0.2) is 5.43 Å². The summed E-state index contributed by atoms with van der Waals surface area (Å²) in [6, 6.07) is 14.2. The Balaban J connectivity index is 2.06. The van der Waals surface area contributed by atoms with Crippen LogP contribution < -0.4 is 5.43 Å². The number of carboxylic acids is 1. The lowest BCUT2D eigenvalue weighted by Crippen LogP contribution is -2.11.